The zero-order valence-electron chi connectivity index (χ0n) is 9.97. The molecule has 5 nitrogen and oxygen atoms in total. The Kier molecular flexibility index (Phi) is 3.02. The van der Waals surface area contributed by atoms with Gasteiger partial charge in [-0.1, -0.05) is 15.9 Å². The molecule has 0 radical (unpaired) electrons. The molecule has 0 aliphatic carbocycles. The molecule has 2 aromatic rings. The van der Waals surface area contributed by atoms with Crippen molar-refractivity contribution < 1.29 is 14.6 Å². The number of fused-ring (bicyclic) bond motifs is 1. The van der Waals surface area contributed by atoms with E-state index in [1.54, 1.807) is 4.68 Å². The van der Waals surface area contributed by atoms with Crippen molar-refractivity contribution in [1.82, 2.24) is 9.78 Å². The van der Waals surface area contributed by atoms with Gasteiger partial charge in [0.05, 0.1) is 24.9 Å². The van der Waals surface area contributed by atoms with E-state index >= 15 is 0 Å². The number of carboxylic acid groups (broad SMARTS) is 1. The number of aromatic carboxylic acids is 1. The Balaban J connectivity index is 1.92. The van der Waals surface area contributed by atoms with Crippen molar-refractivity contribution in [2.24, 2.45) is 0 Å². The highest BCUT2D eigenvalue weighted by Gasteiger charge is 2.18. The van der Waals surface area contributed by atoms with E-state index in [0.717, 1.165) is 22.2 Å². The van der Waals surface area contributed by atoms with Crippen molar-refractivity contribution in [3.05, 3.63) is 45.7 Å². The van der Waals surface area contributed by atoms with Gasteiger partial charge in [-0.15, -0.1) is 0 Å². The van der Waals surface area contributed by atoms with Crippen molar-refractivity contribution in [1.29, 1.82) is 0 Å². The monoisotopic (exact) mass is 322 g/mol. The Morgan fingerprint density at radius 2 is 2.37 bits per heavy atom. The van der Waals surface area contributed by atoms with Crippen LogP contribution in [0.3, 0.4) is 0 Å². The van der Waals surface area contributed by atoms with E-state index in [0.29, 0.717) is 13.2 Å². The molecular weight excluding hydrogens is 312 g/mol. The summed E-state index contributed by atoms with van der Waals surface area (Å²) in [6, 6.07) is 4.03. The van der Waals surface area contributed by atoms with Gasteiger partial charge in [0.2, 0.25) is 0 Å². The van der Waals surface area contributed by atoms with Crippen LogP contribution in [0.2, 0.25) is 0 Å². The van der Waals surface area contributed by atoms with Crippen LogP contribution in [-0.2, 0) is 13.0 Å². The van der Waals surface area contributed by atoms with Crippen LogP contribution in [0.5, 0.6) is 5.75 Å². The van der Waals surface area contributed by atoms with Crippen molar-refractivity contribution in [3.8, 4) is 5.75 Å². The number of carboxylic acids is 1. The van der Waals surface area contributed by atoms with E-state index in [1.165, 1.54) is 18.0 Å². The van der Waals surface area contributed by atoms with Crippen LogP contribution < -0.4 is 4.74 Å². The van der Waals surface area contributed by atoms with Crippen molar-refractivity contribution in [3.63, 3.8) is 0 Å². The summed E-state index contributed by atoms with van der Waals surface area (Å²) < 4.78 is 8.23. The molecular formula is C13H11BrN2O3. The lowest BCUT2D eigenvalue weighted by atomic mass is 10.1. The molecule has 98 valence electrons. The molecule has 0 saturated heterocycles. The average Bonchev–Trinajstić information content (AvgIpc) is 2.96. The first-order valence-corrected chi connectivity index (χ1v) is 6.62. The van der Waals surface area contributed by atoms with Gasteiger partial charge in [-0.2, -0.15) is 5.10 Å². The van der Waals surface area contributed by atoms with Gasteiger partial charge in [-0.25, -0.2) is 4.79 Å². The highest BCUT2D eigenvalue weighted by Crippen LogP contribution is 2.33. The summed E-state index contributed by atoms with van der Waals surface area (Å²) >= 11 is 3.48. The number of halogens is 1. The molecule has 1 aliphatic rings. The molecule has 0 unspecified atom stereocenters. The number of nitrogens with zero attached hydrogens (tertiary/aromatic N) is 2. The van der Waals surface area contributed by atoms with Crippen molar-refractivity contribution >= 4 is 21.9 Å². The number of ether oxygens (including phenoxy) is 1. The second-order valence-electron chi connectivity index (χ2n) is 4.38. The quantitative estimate of drug-likeness (QED) is 0.942. The summed E-state index contributed by atoms with van der Waals surface area (Å²) in [5.41, 5.74) is 2.37. The van der Waals surface area contributed by atoms with Gasteiger partial charge in [0.1, 0.15) is 5.75 Å². The van der Waals surface area contributed by atoms with Crippen LogP contribution in [0.25, 0.3) is 0 Å². The van der Waals surface area contributed by atoms with E-state index < -0.39 is 5.97 Å². The predicted octanol–water partition coefficient (Wildman–Crippen LogP) is 2.33. The average molecular weight is 323 g/mol. The predicted molar refractivity (Wildman–Crippen MR) is 71.6 cm³/mol. The van der Waals surface area contributed by atoms with Crippen LogP contribution in [0.4, 0.5) is 0 Å². The summed E-state index contributed by atoms with van der Waals surface area (Å²) in [4.78, 5) is 10.8. The second-order valence-corrected chi connectivity index (χ2v) is 5.30. The van der Waals surface area contributed by atoms with Crippen molar-refractivity contribution in [2.75, 3.05) is 6.61 Å². The fourth-order valence-corrected chi connectivity index (χ4v) is 2.75. The SMILES string of the molecule is O=C(O)c1cnn(Cc2cc(Br)cc3c2OCC3)c1. The Bertz CT molecular complexity index is 651. The lowest BCUT2D eigenvalue weighted by molar-refractivity contribution is 0.0697. The fraction of sp³-hybridized carbons (Fsp3) is 0.231. The molecule has 0 fully saturated rings. The smallest absolute Gasteiger partial charge is 0.338 e. The van der Waals surface area contributed by atoms with Gasteiger partial charge < -0.3 is 9.84 Å². The van der Waals surface area contributed by atoms with Crippen LogP contribution in [0, 0.1) is 0 Å². The molecule has 1 N–H and O–H groups in total. The summed E-state index contributed by atoms with van der Waals surface area (Å²) in [5.74, 6) is -0.0717. The van der Waals surface area contributed by atoms with Crippen LogP contribution in [0.15, 0.2) is 29.0 Å². The summed E-state index contributed by atoms with van der Waals surface area (Å²) in [6.45, 7) is 1.19. The molecule has 3 rings (SSSR count). The third-order valence-electron chi connectivity index (χ3n) is 3.04. The normalized spacial score (nSPS) is 13.1. The number of hydrogen-bond acceptors (Lipinski definition) is 3. The molecule has 0 atom stereocenters. The van der Waals surface area contributed by atoms with Gasteiger partial charge in [0, 0.05) is 22.7 Å². The summed E-state index contributed by atoms with van der Waals surface area (Å²) in [5, 5.41) is 12.9. The van der Waals surface area contributed by atoms with E-state index in [4.69, 9.17) is 9.84 Å². The van der Waals surface area contributed by atoms with Crippen molar-refractivity contribution in [2.45, 2.75) is 13.0 Å². The fourth-order valence-electron chi connectivity index (χ4n) is 2.20. The summed E-state index contributed by atoms with van der Waals surface area (Å²) in [6.07, 6.45) is 3.77. The number of benzene rings is 1. The van der Waals surface area contributed by atoms with E-state index in [1.807, 2.05) is 6.07 Å². The first-order chi connectivity index (χ1) is 9.13. The lowest BCUT2D eigenvalue weighted by Gasteiger charge is -2.09. The minimum absolute atomic E-state index is 0.188. The lowest BCUT2D eigenvalue weighted by Crippen LogP contribution is -2.02. The van der Waals surface area contributed by atoms with E-state index in [-0.39, 0.29) is 5.56 Å². The first-order valence-electron chi connectivity index (χ1n) is 5.83. The summed E-state index contributed by atoms with van der Waals surface area (Å²) in [7, 11) is 0. The zero-order chi connectivity index (χ0) is 13.4. The maximum atomic E-state index is 10.8. The standard InChI is InChI=1S/C13H11BrN2O3/c14-11-3-8-1-2-19-12(8)9(4-11)6-16-7-10(5-15-16)13(17)18/h3-5,7H,1-2,6H2,(H,17,18). The number of carbonyl (C=O) groups is 1. The molecule has 1 aromatic carbocycles. The van der Waals surface area contributed by atoms with E-state index in [9.17, 15) is 4.79 Å². The minimum Gasteiger partial charge on any atom is -0.493 e. The molecule has 0 saturated carbocycles. The second kappa shape index (κ2) is 4.70. The molecule has 1 aliphatic heterocycles. The molecule has 6 heteroatoms. The largest absolute Gasteiger partial charge is 0.493 e. The highest BCUT2D eigenvalue weighted by atomic mass is 79.9. The maximum Gasteiger partial charge on any atom is 0.338 e. The third-order valence-corrected chi connectivity index (χ3v) is 3.50. The van der Waals surface area contributed by atoms with Gasteiger partial charge >= 0.3 is 5.97 Å². The van der Waals surface area contributed by atoms with Crippen LogP contribution in [-0.4, -0.2) is 27.5 Å². The topological polar surface area (TPSA) is 64.3 Å². The number of aromatic nitrogens is 2. The Morgan fingerprint density at radius 1 is 1.53 bits per heavy atom. The molecule has 1 aromatic heterocycles. The minimum atomic E-state index is -0.970. The first kappa shape index (κ1) is 12.2. The highest BCUT2D eigenvalue weighted by molar-refractivity contribution is 9.10. The van der Waals surface area contributed by atoms with Gasteiger partial charge in [0.25, 0.3) is 0 Å². The van der Waals surface area contributed by atoms with Crippen LogP contribution >= 0.6 is 15.9 Å². The van der Waals surface area contributed by atoms with Gasteiger partial charge in [-0.05, 0) is 17.7 Å². The maximum absolute atomic E-state index is 10.8. The van der Waals surface area contributed by atoms with Gasteiger partial charge in [-0.3, -0.25) is 4.68 Å². The number of rotatable bonds is 3. The third kappa shape index (κ3) is 2.35. The molecule has 0 spiro atoms. The molecule has 0 bridgehead atoms. The zero-order valence-corrected chi connectivity index (χ0v) is 11.6. The van der Waals surface area contributed by atoms with E-state index in [2.05, 4.69) is 27.1 Å². The number of hydrogen-bond donors (Lipinski definition) is 1. The molecule has 19 heavy (non-hydrogen) atoms. The Hall–Kier alpha value is -1.82. The molecule has 2 heterocycles. The Morgan fingerprint density at radius 3 is 3.11 bits per heavy atom. The van der Waals surface area contributed by atoms with Gasteiger partial charge in [0.15, 0.2) is 0 Å². The Labute approximate surface area is 117 Å². The van der Waals surface area contributed by atoms with Crippen LogP contribution in [0.1, 0.15) is 21.5 Å². The molecule has 0 amide bonds.